The Bertz CT molecular complexity index is 958. The monoisotopic (exact) mass is 352 g/mol. The maximum atomic E-state index is 11.8. The van der Waals surface area contributed by atoms with Crippen LogP contribution in [0.3, 0.4) is 0 Å². The van der Waals surface area contributed by atoms with Crippen molar-refractivity contribution in [1.82, 2.24) is 19.7 Å². The molecule has 0 aliphatic carbocycles. The van der Waals surface area contributed by atoms with Crippen LogP contribution < -0.4 is 5.56 Å². The summed E-state index contributed by atoms with van der Waals surface area (Å²) >= 11 is 1.68. The van der Waals surface area contributed by atoms with Crippen LogP contribution in [-0.4, -0.2) is 26.2 Å². The Morgan fingerprint density at radius 2 is 2.04 bits per heavy atom. The summed E-state index contributed by atoms with van der Waals surface area (Å²) in [7, 11) is 1.71. The molecular weight excluding hydrogens is 332 g/mol. The van der Waals surface area contributed by atoms with Gasteiger partial charge in [-0.3, -0.25) is 9.69 Å². The predicted molar refractivity (Wildman–Crippen MR) is 99.6 cm³/mol. The van der Waals surface area contributed by atoms with E-state index in [1.165, 1.54) is 20.7 Å². The minimum absolute atomic E-state index is 0.0371. The van der Waals surface area contributed by atoms with Crippen molar-refractivity contribution >= 4 is 11.3 Å². The Labute approximate surface area is 150 Å². The van der Waals surface area contributed by atoms with E-state index < -0.39 is 0 Å². The van der Waals surface area contributed by atoms with Crippen LogP contribution in [0.25, 0.3) is 10.4 Å². The molecule has 0 saturated heterocycles. The summed E-state index contributed by atoms with van der Waals surface area (Å²) in [6.07, 6.45) is 0.890. The summed E-state index contributed by atoms with van der Waals surface area (Å²) in [6, 6.07) is 10.4. The van der Waals surface area contributed by atoms with Crippen LogP contribution in [0.15, 0.2) is 40.6 Å². The second-order valence-electron chi connectivity index (χ2n) is 6.50. The molecule has 128 valence electrons. The molecule has 1 aliphatic rings. The SMILES string of the molecule is Cc1ncsc1-c1ccc(CN2CCc3nn(C)c(=O)cc3C2)cc1. The zero-order valence-corrected chi connectivity index (χ0v) is 15.2. The number of aryl methyl sites for hydroxylation is 2. The predicted octanol–water partition coefficient (Wildman–Crippen LogP) is 2.77. The van der Waals surface area contributed by atoms with E-state index in [1.54, 1.807) is 24.5 Å². The molecule has 0 saturated carbocycles. The molecule has 4 rings (SSSR count). The fourth-order valence-electron chi connectivity index (χ4n) is 3.29. The molecule has 1 aromatic carbocycles. The summed E-state index contributed by atoms with van der Waals surface area (Å²) in [5, 5.41) is 4.38. The number of rotatable bonds is 3. The van der Waals surface area contributed by atoms with Gasteiger partial charge in [0.2, 0.25) is 0 Å². The third kappa shape index (κ3) is 3.27. The van der Waals surface area contributed by atoms with E-state index in [9.17, 15) is 4.79 Å². The Morgan fingerprint density at radius 1 is 1.24 bits per heavy atom. The minimum atomic E-state index is -0.0371. The van der Waals surface area contributed by atoms with Gasteiger partial charge in [0.05, 0.1) is 21.8 Å². The van der Waals surface area contributed by atoms with Gasteiger partial charge in [-0.1, -0.05) is 24.3 Å². The van der Waals surface area contributed by atoms with Crippen molar-refractivity contribution in [2.75, 3.05) is 6.54 Å². The number of nitrogens with zero attached hydrogens (tertiary/aromatic N) is 4. The van der Waals surface area contributed by atoms with E-state index >= 15 is 0 Å². The quantitative estimate of drug-likeness (QED) is 0.727. The second kappa shape index (κ2) is 6.54. The highest BCUT2D eigenvalue weighted by Gasteiger charge is 2.18. The molecule has 5 nitrogen and oxygen atoms in total. The molecule has 3 aromatic rings. The van der Waals surface area contributed by atoms with E-state index in [0.717, 1.165) is 43.0 Å². The van der Waals surface area contributed by atoms with Crippen molar-refractivity contribution in [3.63, 3.8) is 0 Å². The molecule has 3 heterocycles. The van der Waals surface area contributed by atoms with Crippen molar-refractivity contribution in [3.05, 3.63) is 68.7 Å². The molecule has 0 atom stereocenters. The van der Waals surface area contributed by atoms with E-state index in [4.69, 9.17) is 0 Å². The highest BCUT2D eigenvalue weighted by atomic mass is 32.1. The van der Waals surface area contributed by atoms with Gasteiger partial charge in [-0.15, -0.1) is 11.3 Å². The van der Waals surface area contributed by atoms with Crippen LogP contribution in [0.1, 0.15) is 22.5 Å². The van der Waals surface area contributed by atoms with Gasteiger partial charge < -0.3 is 0 Å². The standard InChI is InChI=1S/C19H20N4OS/c1-13-19(25-12-20-13)15-5-3-14(4-6-15)10-23-8-7-17-16(11-23)9-18(24)22(2)21-17/h3-6,9,12H,7-8,10-11H2,1-2H3. The lowest BCUT2D eigenvalue weighted by molar-refractivity contribution is 0.241. The van der Waals surface area contributed by atoms with Crippen molar-refractivity contribution in [2.24, 2.45) is 7.05 Å². The Balaban J connectivity index is 1.48. The van der Waals surface area contributed by atoms with Crippen LogP contribution in [0.2, 0.25) is 0 Å². The molecule has 0 spiro atoms. The van der Waals surface area contributed by atoms with Gasteiger partial charge in [0.1, 0.15) is 0 Å². The van der Waals surface area contributed by atoms with Crippen molar-refractivity contribution < 1.29 is 0 Å². The van der Waals surface area contributed by atoms with Crippen LogP contribution in [-0.2, 0) is 26.6 Å². The topological polar surface area (TPSA) is 51.0 Å². The molecular formula is C19H20N4OS. The lowest BCUT2D eigenvalue weighted by atomic mass is 10.0. The fourth-order valence-corrected chi connectivity index (χ4v) is 4.10. The highest BCUT2D eigenvalue weighted by Crippen LogP contribution is 2.27. The average Bonchev–Trinajstić information content (AvgIpc) is 3.03. The molecule has 25 heavy (non-hydrogen) atoms. The summed E-state index contributed by atoms with van der Waals surface area (Å²) < 4.78 is 1.43. The molecule has 0 fully saturated rings. The van der Waals surface area contributed by atoms with Gasteiger partial charge in [0.15, 0.2) is 0 Å². The van der Waals surface area contributed by atoms with E-state index in [1.807, 2.05) is 12.4 Å². The third-order valence-corrected chi connectivity index (χ3v) is 5.66. The second-order valence-corrected chi connectivity index (χ2v) is 7.36. The molecule has 0 N–H and O–H groups in total. The summed E-state index contributed by atoms with van der Waals surface area (Å²) in [6.45, 7) is 4.68. The molecule has 2 aromatic heterocycles. The van der Waals surface area contributed by atoms with Gasteiger partial charge in [-0.2, -0.15) is 5.10 Å². The highest BCUT2D eigenvalue weighted by molar-refractivity contribution is 7.13. The number of hydrogen-bond acceptors (Lipinski definition) is 5. The Morgan fingerprint density at radius 3 is 2.76 bits per heavy atom. The first-order chi connectivity index (χ1) is 12.1. The molecule has 1 aliphatic heterocycles. The molecule has 0 unspecified atom stereocenters. The van der Waals surface area contributed by atoms with Crippen LogP contribution in [0, 0.1) is 6.92 Å². The number of fused-ring (bicyclic) bond motifs is 1. The number of benzene rings is 1. The van der Waals surface area contributed by atoms with Crippen LogP contribution >= 0.6 is 11.3 Å². The van der Waals surface area contributed by atoms with Crippen molar-refractivity contribution in [3.8, 4) is 10.4 Å². The zero-order valence-electron chi connectivity index (χ0n) is 14.4. The van der Waals surface area contributed by atoms with E-state index in [0.29, 0.717) is 0 Å². The molecule has 0 radical (unpaired) electrons. The normalized spacial score (nSPS) is 14.5. The van der Waals surface area contributed by atoms with Crippen molar-refractivity contribution in [1.29, 1.82) is 0 Å². The zero-order chi connectivity index (χ0) is 17.4. The maximum absolute atomic E-state index is 11.8. The van der Waals surface area contributed by atoms with Gasteiger partial charge in [0.25, 0.3) is 5.56 Å². The lowest BCUT2D eigenvalue weighted by Crippen LogP contribution is -2.33. The van der Waals surface area contributed by atoms with Crippen LogP contribution in [0.4, 0.5) is 0 Å². The number of hydrogen-bond donors (Lipinski definition) is 0. The van der Waals surface area contributed by atoms with Crippen LogP contribution in [0.5, 0.6) is 0 Å². The van der Waals surface area contributed by atoms with Gasteiger partial charge in [0, 0.05) is 39.2 Å². The first-order valence-corrected chi connectivity index (χ1v) is 9.26. The fraction of sp³-hybridized carbons (Fsp3) is 0.316. The first-order valence-electron chi connectivity index (χ1n) is 8.38. The van der Waals surface area contributed by atoms with Crippen molar-refractivity contribution in [2.45, 2.75) is 26.4 Å². The number of aromatic nitrogens is 3. The molecule has 0 bridgehead atoms. The number of thiazole rings is 1. The van der Waals surface area contributed by atoms with E-state index in [2.05, 4.69) is 39.2 Å². The van der Waals surface area contributed by atoms with Gasteiger partial charge in [-0.25, -0.2) is 9.67 Å². The van der Waals surface area contributed by atoms with Gasteiger partial charge >= 0.3 is 0 Å². The minimum Gasteiger partial charge on any atom is -0.294 e. The largest absolute Gasteiger partial charge is 0.294 e. The molecule has 0 amide bonds. The maximum Gasteiger partial charge on any atom is 0.266 e. The Kier molecular flexibility index (Phi) is 4.23. The van der Waals surface area contributed by atoms with Gasteiger partial charge in [-0.05, 0) is 23.6 Å². The summed E-state index contributed by atoms with van der Waals surface area (Å²) in [5.41, 5.74) is 7.55. The lowest BCUT2D eigenvalue weighted by Gasteiger charge is -2.28. The molecule has 6 heteroatoms. The first kappa shape index (κ1) is 16.2. The third-order valence-electron chi connectivity index (χ3n) is 4.68. The van der Waals surface area contributed by atoms with E-state index in [-0.39, 0.29) is 5.56 Å². The smallest absolute Gasteiger partial charge is 0.266 e. The Hall–Kier alpha value is -2.31. The summed E-state index contributed by atoms with van der Waals surface area (Å²) in [5.74, 6) is 0. The summed E-state index contributed by atoms with van der Waals surface area (Å²) in [4.78, 5) is 19.7. The average molecular weight is 352 g/mol.